The van der Waals surface area contributed by atoms with E-state index in [1.165, 1.54) is 25.3 Å². The zero-order chi connectivity index (χ0) is 31.6. The van der Waals surface area contributed by atoms with Crippen molar-refractivity contribution in [3.05, 3.63) is 42.9 Å². The molecule has 0 saturated carbocycles. The number of alkyl halides is 1. The molecule has 15 heteroatoms. The number of hydrogen-bond acceptors (Lipinski definition) is 12. The number of aliphatic hydroxyl groups excluding tert-OH is 1. The number of aliphatic hydroxyl groups is 2. The Labute approximate surface area is 238 Å². The smallest absolute Gasteiger partial charge is 0.380 e. The average molecular weight is 594 g/mol. The number of para-hydroxylation sites is 1. The van der Waals surface area contributed by atoms with Crippen molar-refractivity contribution in [1.82, 2.24) is 19.5 Å². The van der Waals surface area contributed by atoms with Crippen molar-refractivity contribution in [2.45, 2.75) is 50.9 Å². The van der Waals surface area contributed by atoms with Crippen molar-refractivity contribution in [3.63, 3.8) is 0 Å². The fraction of sp³-hybridized carbons (Fsp3) is 0.462. The first-order valence-corrected chi connectivity index (χ1v) is 14.2. The Hall–Kier alpha value is -3.60. The molecule has 1 unspecified atom stereocenters. The van der Waals surface area contributed by atoms with E-state index in [4.69, 9.17) is 27.0 Å². The number of fused-ring (bicyclic) bond motifs is 1. The number of carbonyl (C=O) groups is 1. The molecule has 13 nitrogen and oxygen atoms in total. The fourth-order valence-electron chi connectivity index (χ4n) is 4.01. The van der Waals surface area contributed by atoms with Gasteiger partial charge in [0.05, 0.1) is 40.0 Å². The summed E-state index contributed by atoms with van der Waals surface area (Å²) in [7, 11) is -4.58. The van der Waals surface area contributed by atoms with Gasteiger partial charge < -0.3 is 29.9 Å². The van der Waals surface area contributed by atoms with Crippen LogP contribution in [0.15, 0.2) is 42.9 Å². The van der Waals surface area contributed by atoms with E-state index in [1.54, 1.807) is 32.0 Å². The zero-order valence-electron chi connectivity index (χ0n) is 24.4. The first kappa shape index (κ1) is 27.6. The van der Waals surface area contributed by atoms with Crippen LogP contribution in [-0.4, -0.2) is 79.0 Å². The number of imidazole rings is 1. The van der Waals surface area contributed by atoms with Crippen molar-refractivity contribution in [2.24, 2.45) is 5.92 Å². The van der Waals surface area contributed by atoms with Gasteiger partial charge in [-0.2, -0.15) is 4.98 Å². The third-order valence-electron chi connectivity index (χ3n) is 5.88. The number of carbonyl (C=O) groups excluding carboxylic acids is 1. The summed E-state index contributed by atoms with van der Waals surface area (Å²) >= 11 is 0. The number of benzene rings is 1. The molecule has 3 aromatic rings. The summed E-state index contributed by atoms with van der Waals surface area (Å²) in [4.78, 5) is 24.5. The largest absolute Gasteiger partial charge is 0.463 e. The van der Waals surface area contributed by atoms with Crippen LogP contribution in [0.4, 0.5) is 10.3 Å². The van der Waals surface area contributed by atoms with Gasteiger partial charge in [-0.15, -0.1) is 0 Å². The monoisotopic (exact) mass is 593 g/mol. The molecule has 4 N–H and O–H groups in total. The molecule has 0 aliphatic carbocycles. The molecular formula is C26H31FN5O8P. The van der Waals surface area contributed by atoms with Gasteiger partial charge in [-0.25, -0.2) is 18.9 Å². The van der Waals surface area contributed by atoms with Crippen molar-refractivity contribution < 1.29 is 45.2 Å². The number of nitrogens with two attached hydrogens (primary N) is 1. The SMILES string of the molecule is [2H]C([2H])(O[P@@](=O)(C[C@@H](C)C(=O)OC(C)C)Oc1ccccc1)[C@H]1O[C@@H](n2cnc3cnc(N)nc32)C(O)(C#CCF)[C@H]1O. The molecule has 1 saturated heterocycles. The van der Waals surface area contributed by atoms with E-state index in [-0.39, 0.29) is 22.9 Å². The molecule has 2 aromatic heterocycles. The van der Waals surface area contributed by atoms with Crippen LogP contribution in [0.25, 0.3) is 11.2 Å². The summed E-state index contributed by atoms with van der Waals surface area (Å²) in [5.74, 6) is 2.32. The third-order valence-corrected chi connectivity index (χ3v) is 7.75. The standard InChI is InChI=1S/C26H31FN5O8P/c1-16(2)38-23(34)17(3)14-41(36,40-18-8-5-4-6-9-18)37-13-20-21(33)26(35,10-7-11-27)24(39-20)32-15-30-19-12-29-25(28)31-22(19)32/h4-6,8-9,12,15-17,20-21,24,33,35H,11,13-14H2,1-3H3,(H2,28,29,31)/t17-,20-,21+,24-,26?,41+/m1/s1/i13D2. The maximum atomic E-state index is 14.1. The van der Waals surface area contributed by atoms with E-state index in [9.17, 15) is 24.0 Å². The zero-order valence-corrected chi connectivity index (χ0v) is 23.3. The molecule has 220 valence electrons. The van der Waals surface area contributed by atoms with E-state index in [2.05, 4.69) is 20.9 Å². The maximum Gasteiger partial charge on any atom is 0.380 e. The van der Waals surface area contributed by atoms with Crippen molar-refractivity contribution >= 4 is 30.7 Å². The molecule has 0 radical (unpaired) electrons. The number of ether oxygens (including phenoxy) is 2. The van der Waals surface area contributed by atoms with Gasteiger partial charge in [0.25, 0.3) is 0 Å². The molecule has 4 rings (SSSR count). The molecule has 6 atom stereocenters. The molecule has 1 aromatic carbocycles. The van der Waals surface area contributed by atoms with Gasteiger partial charge in [0.2, 0.25) is 5.95 Å². The highest BCUT2D eigenvalue weighted by molar-refractivity contribution is 7.54. The molecule has 3 heterocycles. The van der Waals surface area contributed by atoms with Gasteiger partial charge >= 0.3 is 13.6 Å². The Kier molecular flexibility index (Phi) is 8.41. The summed E-state index contributed by atoms with van der Waals surface area (Å²) in [5.41, 5.74) is 3.29. The van der Waals surface area contributed by atoms with Gasteiger partial charge in [0.1, 0.15) is 30.1 Å². The molecule has 0 bridgehead atoms. The lowest BCUT2D eigenvalue weighted by Crippen LogP contribution is -2.46. The highest BCUT2D eigenvalue weighted by atomic mass is 31.2. The number of esters is 1. The van der Waals surface area contributed by atoms with E-state index < -0.39 is 69.0 Å². The van der Waals surface area contributed by atoms with E-state index >= 15 is 0 Å². The summed E-state index contributed by atoms with van der Waals surface area (Å²) in [6.45, 7) is 0.304. The van der Waals surface area contributed by atoms with Crippen LogP contribution in [0.3, 0.4) is 0 Å². The maximum absolute atomic E-state index is 14.1. The van der Waals surface area contributed by atoms with Gasteiger partial charge in [-0.3, -0.25) is 13.9 Å². The Morgan fingerprint density at radius 3 is 2.76 bits per heavy atom. The van der Waals surface area contributed by atoms with Crippen molar-refractivity contribution in [3.8, 4) is 17.6 Å². The molecule has 1 fully saturated rings. The quantitative estimate of drug-likeness (QED) is 0.177. The number of aromatic nitrogens is 4. The number of nitrogens with zero attached hydrogens (tertiary/aromatic N) is 4. The van der Waals surface area contributed by atoms with Crippen molar-refractivity contribution in [1.29, 1.82) is 0 Å². The third kappa shape index (κ3) is 6.83. The van der Waals surface area contributed by atoms with E-state index in [1.807, 2.05) is 5.92 Å². The second-order valence-electron chi connectivity index (χ2n) is 9.50. The van der Waals surface area contributed by atoms with Crippen molar-refractivity contribution in [2.75, 3.05) is 25.1 Å². The first-order chi connectivity index (χ1) is 20.2. The number of anilines is 1. The molecule has 0 spiro atoms. The van der Waals surface area contributed by atoms with Crippen LogP contribution in [0.1, 0.15) is 29.7 Å². The highest BCUT2D eigenvalue weighted by Gasteiger charge is 2.56. The fourth-order valence-corrected chi connectivity index (χ4v) is 5.73. The number of rotatable bonds is 10. The number of hydrogen-bond donors (Lipinski definition) is 3. The van der Waals surface area contributed by atoms with E-state index in [0.717, 1.165) is 10.9 Å². The molecule has 1 aliphatic rings. The number of nitrogen functional groups attached to an aromatic ring is 1. The molecule has 0 amide bonds. The highest BCUT2D eigenvalue weighted by Crippen LogP contribution is 2.51. The van der Waals surface area contributed by atoms with Gasteiger partial charge in [0.15, 0.2) is 17.5 Å². The topological polar surface area (TPSA) is 181 Å². The normalized spacial score (nSPS) is 25.5. The predicted octanol–water partition coefficient (Wildman–Crippen LogP) is 2.25. The van der Waals surface area contributed by atoms with Crippen LogP contribution >= 0.6 is 7.60 Å². The molecule has 41 heavy (non-hydrogen) atoms. The predicted molar refractivity (Wildman–Crippen MR) is 144 cm³/mol. The minimum absolute atomic E-state index is 0.0304. The molecular weight excluding hydrogens is 560 g/mol. The summed E-state index contributed by atoms with van der Waals surface area (Å²) < 4.78 is 67.7. The average Bonchev–Trinajstić information content (AvgIpc) is 3.45. The van der Waals surface area contributed by atoms with Gasteiger partial charge in [-0.1, -0.05) is 37.0 Å². The van der Waals surface area contributed by atoms with Gasteiger partial charge in [0, 0.05) is 0 Å². The van der Waals surface area contributed by atoms with Crippen LogP contribution in [0.5, 0.6) is 5.75 Å². The second kappa shape index (κ2) is 12.5. The van der Waals surface area contributed by atoms with Gasteiger partial charge in [-0.05, 0) is 26.0 Å². The second-order valence-corrected chi connectivity index (χ2v) is 11.4. The van der Waals surface area contributed by atoms with Crippen LogP contribution in [-0.2, 0) is 23.4 Å². The van der Waals surface area contributed by atoms with Crippen LogP contribution in [0, 0.1) is 17.8 Å². The molecule has 1 aliphatic heterocycles. The Morgan fingerprint density at radius 2 is 2.07 bits per heavy atom. The summed E-state index contributed by atoms with van der Waals surface area (Å²) in [5, 5.41) is 22.7. The Morgan fingerprint density at radius 1 is 1.34 bits per heavy atom. The lowest BCUT2D eigenvalue weighted by molar-refractivity contribution is -0.151. The summed E-state index contributed by atoms with van der Waals surface area (Å²) in [6.07, 6.45) is -4.66. The van der Waals surface area contributed by atoms with Crippen LogP contribution in [0.2, 0.25) is 0 Å². The summed E-state index contributed by atoms with van der Waals surface area (Å²) in [6, 6.07) is 7.72. The van der Waals surface area contributed by atoms with Crippen LogP contribution < -0.4 is 10.3 Å². The first-order valence-electron chi connectivity index (χ1n) is 13.5. The lowest BCUT2D eigenvalue weighted by atomic mass is 9.94. The minimum atomic E-state index is -4.58. The lowest BCUT2D eigenvalue weighted by Gasteiger charge is -2.26. The Balaban J connectivity index is 1.71. The Bertz CT molecular complexity index is 1570. The van der Waals surface area contributed by atoms with E-state index in [0.29, 0.717) is 0 Å². The number of halogens is 1. The minimum Gasteiger partial charge on any atom is -0.463 e.